The van der Waals surface area contributed by atoms with Crippen molar-refractivity contribution in [2.45, 2.75) is 13.3 Å². The van der Waals surface area contributed by atoms with Crippen molar-refractivity contribution in [3.8, 4) is 0 Å². The number of ketones is 1. The van der Waals surface area contributed by atoms with Crippen LogP contribution in [0, 0.1) is 6.92 Å². The Hall–Kier alpha value is -2.36. The summed E-state index contributed by atoms with van der Waals surface area (Å²) in [6.45, 7) is 1.91. The van der Waals surface area contributed by atoms with Crippen molar-refractivity contribution in [3.05, 3.63) is 53.2 Å². The molecule has 1 aromatic carbocycles. The van der Waals surface area contributed by atoms with E-state index >= 15 is 0 Å². The fourth-order valence-corrected chi connectivity index (χ4v) is 1.71. The Balaban J connectivity index is 2.19. The van der Waals surface area contributed by atoms with E-state index in [0.717, 1.165) is 11.1 Å². The van der Waals surface area contributed by atoms with E-state index in [1.165, 1.54) is 0 Å². The van der Waals surface area contributed by atoms with Crippen LogP contribution in [0.2, 0.25) is 0 Å². The van der Waals surface area contributed by atoms with Gasteiger partial charge in [0, 0.05) is 23.9 Å². The molecule has 0 spiro atoms. The summed E-state index contributed by atoms with van der Waals surface area (Å²) < 4.78 is 0. The number of Topliss-reactive ketones (excluding diaryl/α,β-unsaturated/α-hetero) is 1. The molecule has 2 rings (SSSR count). The molecule has 18 heavy (non-hydrogen) atoms. The van der Waals surface area contributed by atoms with Crippen LogP contribution in [0.25, 0.3) is 0 Å². The molecule has 1 aromatic heterocycles. The van der Waals surface area contributed by atoms with Gasteiger partial charge < -0.3 is 11.5 Å². The summed E-state index contributed by atoms with van der Waals surface area (Å²) in [5.41, 5.74) is 14.4. The van der Waals surface area contributed by atoms with E-state index in [4.69, 9.17) is 11.5 Å². The molecule has 0 aliphatic heterocycles. The van der Waals surface area contributed by atoms with Crippen LogP contribution in [-0.4, -0.2) is 10.8 Å². The Labute approximate surface area is 106 Å². The van der Waals surface area contributed by atoms with Gasteiger partial charge in [0.05, 0.1) is 0 Å². The van der Waals surface area contributed by atoms with E-state index in [1.807, 2.05) is 13.0 Å². The average molecular weight is 241 g/mol. The zero-order chi connectivity index (χ0) is 13.1. The van der Waals surface area contributed by atoms with Gasteiger partial charge in [0.2, 0.25) is 0 Å². The Morgan fingerprint density at radius 1 is 1.22 bits per heavy atom. The molecule has 4 N–H and O–H groups in total. The van der Waals surface area contributed by atoms with Gasteiger partial charge in [-0.15, -0.1) is 0 Å². The number of benzene rings is 1. The SMILES string of the molecule is Cc1ccc(C(=O)Cc2ccnc(N)c2)cc1N. The molecule has 2 aromatic rings. The van der Waals surface area contributed by atoms with Crippen LogP contribution < -0.4 is 11.5 Å². The maximum absolute atomic E-state index is 12.1. The number of carbonyl (C=O) groups is 1. The average Bonchev–Trinajstić information content (AvgIpc) is 2.32. The topological polar surface area (TPSA) is 82.0 Å². The summed E-state index contributed by atoms with van der Waals surface area (Å²) in [6.07, 6.45) is 1.90. The van der Waals surface area contributed by atoms with Gasteiger partial charge in [-0.2, -0.15) is 0 Å². The molecule has 0 amide bonds. The Morgan fingerprint density at radius 2 is 2.00 bits per heavy atom. The van der Waals surface area contributed by atoms with Crippen LogP contribution in [0.5, 0.6) is 0 Å². The predicted octanol–water partition coefficient (Wildman–Crippen LogP) is 1.98. The predicted molar refractivity (Wildman–Crippen MR) is 72.3 cm³/mol. The molecule has 0 radical (unpaired) electrons. The van der Waals surface area contributed by atoms with Crippen molar-refractivity contribution in [3.63, 3.8) is 0 Å². The largest absolute Gasteiger partial charge is 0.398 e. The number of nitrogen functional groups attached to an aromatic ring is 2. The van der Waals surface area contributed by atoms with Gasteiger partial charge in [0.15, 0.2) is 5.78 Å². The molecule has 0 aliphatic carbocycles. The monoisotopic (exact) mass is 241 g/mol. The van der Waals surface area contributed by atoms with Crippen LogP contribution in [0.4, 0.5) is 11.5 Å². The molecule has 0 atom stereocenters. The molecule has 0 aliphatic rings. The summed E-state index contributed by atoms with van der Waals surface area (Å²) in [5.74, 6) is 0.441. The third kappa shape index (κ3) is 2.66. The summed E-state index contributed by atoms with van der Waals surface area (Å²) in [6, 6.07) is 8.84. The highest BCUT2D eigenvalue weighted by Crippen LogP contribution is 2.15. The van der Waals surface area contributed by atoms with Crippen LogP contribution in [0.3, 0.4) is 0 Å². The summed E-state index contributed by atoms with van der Waals surface area (Å²) in [4.78, 5) is 16.0. The number of pyridine rings is 1. The van der Waals surface area contributed by atoms with Crippen molar-refractivity contribution >= 4 is 17.3 Å². The first-order valence-electron chi connectivity index (χ1n) is 5.66. The van der Waals surface area contributed by atoms with Crippen LogP contribution in [0.15, 0.2) is 36.5 Å². The second-order valence-electron chi connectivity index (χ2n) is 4.26. The summed E-state index contributed by atoms with van der Waals surface area (Å²) >= 11 is 0. The normalized spacial score (nSPS) is 10.3. The number of aryl methyl sites for hydroxylation is 1. The third-order valence-corrected chi connectivity index (χ3v) is 2.81. The van der Waals surface area contributed by atoms with Gasteiger partial charge >= 0.3 is 0 Å². The first-order valence-corrected chi connectivity index (χ1v) is 5.66. The minimum atomic E-state index is 0.0206. The zero-order valence-corrected chi connectivity index (χ0v) is 10.2. The zero-order valence-electron chi connectivity index (χ0n) is 10.2. The van der Waals surface area contributed by atoms with Crippen LogP contribution in [0.1, 0.15) is 21.5 Å². The lowest BCUT2D eigenvalue weighted by atomic mass is 10.0. The van der Waals surface area contributed by atoms with Crippen molar-refractivity contribution in [2.75, 3.05) is 11.5 Å². The van der Waals surface area contributed by atoms with Crippen molar-refractivity contribution in [1.82, 2.24) is 4.98 Å². The van der Waals surface area contributed by atoms with E-state index in [-0.39, 0.29) is 5.78 Å². The van der Waals surface area contributed by atoms with E-state index in [1.54, 1.807) is 30.5 Å². The molecule has 4 heteroatoms. The number of carbonyl (C=O) groups excluding carboxylic acids is 1. The number of aromatic nitrogens is 1. The molecule has 0 fully saturated rings. The first kappa shape index (κ1) is 12.1. The molecule has 0 saturated heterocycles. The van der Waals surface area contributed by atoms with Gasteiger partial charge in [0.1, 0.15) is 5.82 Å². The summed E-state index contributed by atoms with van der Waals surface area (Å²) in [5, 5.41) is 0. The molecule has 1 heterocycles. The van der Waals surface area contributed by atoms with E-state index in [0.29, 0.717) is 23.5 Å². The fourth-order valence-electron chi connectivity index (χ4n) is 1.71. The second kappa shape index (κ2) is 4.87. The molecular weight excluding hydrogens is 226 g/mol. The van der Waals surface area contributed by atoms with Gasteiger partial charge in [-0.25, -0.2) is 4.98 Å². The third-order valence-electron chi connectivity index (χ3n) is 2.81. The lowest BCUT2D eigenvalue weighted by Crippen LogP contribution is -2.05. The summed E-state index contributed by atoms with van der Waals surface area (Å²) in [7, 11) is 0. The Bertz CT molecular complexity index is 593. The first-order chi connectivity index (χ1) is 8.56. The maximum atomic E-state index is 12.1. The quantitative estimate of drug-likeness (QED) is 0.636. The number of hydrogen-bond acceptors (Lipinski definition) is 4. The number of nitrogens with two attached hydrogens (primary N) is 2. The minimum Gasteiger partial charge on any atom is -0.398 e. The fraction of sp³-hybridized carbons (Fsp3) is 0.143. The highest BCUT2D eigenvalue weighted by Gasteiger charge is 2.08. The number of rotatable bonds is 3. The molecule has 92 valence electrons. The molecule has 4 nitrogen and oxygen atoms in total. The highest BCUT2D eigenvalue weighted by atomic mass is 16.1. The lowest BCUT2D eigenvalue weighted by molar-refractivity contribution is 0.0993. The van der Waals surface area contributed by atoms with Crippen molar-refractivity contribution in [2.24, 2.45) is 0 Å². The number of anilines is 2. The van der Waals surface area contributed by atoms with E-state index in [2.05, 4.69) is 4.98 Å². The van der Waals surface area contributed by atoms with Gasteiger partial charge in [-0.1, -0.05) is 12.1 Å². The Morgan fingerprint density at radius 3 is 2.67 bits per heavy atom. The lowest BCUT2D eigenvalue weighted by Gasteiger charge is -2.05. The minimum absolute atomic E-state index is 0.0206. The standard InChI is InChI=1S/C14H15N3O/c1-9-2-3-11(8-12(9)15)13(18)6-10-4-5-17-14(16)7-10/h2-5,7-8H,6,15H2,1H3,(H2,16,17). The molecule has 0 unspecified atom stereocenters. The molecular formula is C14H15N3O. The van der Waals surface area contributed by atoms with Gasteiger partial charge in [-0.05, 0) is 36.2 Å². The second-order valence-corrected chi connectivity index (χ2v) is 4.26. The van der Waals surface area contributed by atoms with Gasteiger partial charge in [-0.3, -0.25) is 4.79 Å². The van der Waals surface area contributed by atoms with E-state index < -0.39 is 0 Å². The van der Waals surface area contributed by atoms with Crippen LogP contribution >= 0.6 is 0 Å². The Kier molecular flexibility index (Phi) is 3.28. The number of nitrogens with zero attached hydrogens (tertiary/aromatic N) is 1. The maximum Gasteiger partial charge on any atom is 0.167 e. The molecule has 0 saturated carbocycles. The number of hydrogen-bond donors (Lipinski definition) is 2. The smallest absolute Gasteiger partial charge is 0.167 e. The highest BCUT2D eigenvalue weighted by molar-refractivity contribution is 5.98. The van der Waals surface area contributed by atoms with Crippen LogP contribution in [-0.2, 0) is 6.42 Å². The van der Waals surface area contributed by atoms with Gasteiger partial charge in [0.25, 0.3) is 0 Å². The van der Waals surface area contributed by atoms with E-state index in [9.17, 15) is 4.79 Å². The van der Waals surface area contributed by atoms with Crippen molar-refractivity contribution < 1.29 is 4.79 Å². The van der Waals surface area contributed by atoms with Crippen molar-refractivity contribution in [1.29, 1.82) is 0 Å². The molecule has 0 bridgehead atoms.